The molecule has 0 unspecified atom stereocenters. The quantitative estimate of drug-likeness (QED) is 0.463. The molecule has 1 aliphatic heterocycles. The van der Waals surface area contributed by atoms with Crippen LogP contribution in [0.2, 0.25) is 0 Å². The molecule has 7 nitrogen and oxygen atoms in total. The fourth-order valence-corrected chi connectivity index (χ4v) is 4.84. The Balaban J connectivity index is 1.40. The average molecular weight is 490 g/mol. The van der Waals surface area contributed by atoms with Crippen molar-refractivity contribution in [3.63, 3.8) is 0 Å². The molecule has 180 valence electrons. The van der Waals surface area contributed by atoms with Crippen molar-refractivity contribution in [3.8, 4) is 5.75 Å². The van der Waals surface area contributed by atoms with Crippen LogP contribution in [0.25, 0.3) is 0 Å². The topological polar surface area (TPSA) is 87.7 Å². The fraction of sp³-hybridized carbons (Fsp3) is 0.222. The number of carbonyl (C=O) groups is 3. The standard InChI is InChI=1S/C27H27N3O4S/c1-17-8-13-23(18(2)14-17)35-22-11-9-20(10-12-22)28-24(31)16-30-25(32)27(3,29-26(30)33)19-6-5-7-21(15-19)34-4/h5-15H,16H2,1-4H3,(H,28,31)(H,29,33)/t27-/m0/s1. The Morgan fingerprint density at radius 1 is 1.06 bits per heavy atom. The van der Waals surface area contributed by atoms with Crippen molar-refractivity contribution in [1.82, 2.24) is 10.2 Å². The molecule has 4 amide bonds. The summed E-state index contributed by atoms with van der Waals surface area (Å²) in [7, 11) is 1.53. The van der Waals surface area contributed by atoms with Gasteiger partial charge in [0.25, 0.3) is 5.91 Å². The molecule has 0 bridgehead atoms. The number of rotatable bonds is 7. The SMILES string of the molecule is COc1cccc([C@]2(C)NC(=O)N(CC(=O)Nc3ccc(Sc4ccc(C)cc4C)cc3)C2=O)c1. The van der Waals surface area contributed by atoms with Crippen molar-refractivity contribution in [2.75, 3.05) is 19.0 Å². The van der Waals surface area contributed by atoms with Gasteiger partial charge in [-0.3, -0.25) is 14.5 Å². The van der Waals surface area contributed by atoms with Gasteiger partial charge in [0, 0.05) is 15.5 Å². The summed E-state index contributed by atoms with van der Waals surface area (Å²) in [6.07, 6.45) is 0. The predicted octanol–water partition coefficient (Wildman–Crippen LogP) is 4.87. The number of hydrogen-bond donors (Lipinski definition) is 2. The molecule has 35 heavy (non-hydrogen) atoms. The third-order valence-corrected chi connectivity index (χ3v) is 7.11. The largest absolute Gasteiger partial charge is 0.497 e. The number of carbonyl (C=O) groups excluding carboxylic acids is 3. The molecule has 8 heteroatoms. The minimum atomic E-state index is -1.28. The van der Waals surface area contributed by atoms with E-state index in [4.69, 9.17) is 4.74 Å². The van der Waals surface area contributed by atoms with E-state index in [9.17, 15) is 14.4 Å². The molecule has 0 spiro atoms. The number of imide groups is 1. The van der Waals surface area contributed by atoms with Crippen LogP contribution in [0.4, 0.5) is 10.5 Å². The lowest BCUT2D eigenvalue weighted by Crippen LogP contribution is -2.42. The van der Waals surface area contributed by atoms with Gasteiger partial charge < -0.3 is 15.4 Å². The monoisotopic (exact) mass is 489 g/mol. The van der Waals surface area contributed by atoms with Gasteiger partial charge in [0.1, 0.15) is 17.8 Å². The molecule has 1 aliphatic rings. The van der Waals surface area contributed by atoms with E-state index >= 15 is 0 Å². The molecular weight excluding hydrogens is 462 g/mol. The van der Waals surface area contributed by atoms with Crippen LogP contribution >= 0.6 is 11.8 Å². The zero-order valence-electron chi connectivity index (χ0n) is 20.0. The van der Waals surface area contributed by atoms with Gasteiger partial charge in [-0.1, -0.05) is 41.6 Å². The highest BCUT2D eigenvalue weighted by molar-refractivity contribution is 7.99. The summed E-state index contributed by atoms with van der Waals surface area (Å²) in [5, 5.41) is 5.47. The van der Waals surface area contributed by atoms with Gasteiger partial charge >= 0.3 is 6.03 Å². The number of nitrogens with one attached hydrogen (secondary N) is 2. The van der Waals surface area contributed by atoms with Gasteiger partial charge in [-0.25, -0.2) is 4.79 Å². The molecule has 1 heterocycles. The lowest BCUT2D eigenvalue weighted by atomic mass is 9.92. The molecule has 0 aliphatic carbocycles. The van der Waals surface area contributed by atoms with E-state index in [0.29, 0.717) is 17.0 Å². The van der Waals surface area contributed by atoms with Crippen molar-refractivity contribution >= 4 is 35.3 Å². The zero-order valence-corrected chi connectivity index (χ0v) is 20.9. The highest BCUT2D eigenvalue weighted by atomic mass is 32.2. The zero-order chi connectivity index (χ0) is 25.2. The van der Waals surface area contributed by atoms with Crippen molar-refractivity contribution in [2.45, 2.75) is 36.1 Å². The van der Waals surface area contributed by atoms with Gasteiger partial charge in [0.2, 0.25) is 5.91 Å². The first-order valence-corrected chi connectivity index (χ1v) is 11.9. The third kappa shape index (κ3) is 5.17. The van der Waals surface area contributed by atoms with Crippen LogP contribution in [0.1, 0.15) is 23.6 Å². The summed E-state index contributed by atoms with van der Waals surface area (Å²) in [5.41, 5.74) is 2.32. The Hall–Kier alpha value is -3.78. The summed E-state index contributed by atoms with van der Waals surface area (Å²) < 4.78 is 5.23. The molecule has 2 N–H and O–H groups in total. The molecule has 1 saturated heterocycles. The predicted molar refractivity (Wildman–Crippen MR) is 136 cm³/mol. The van der Waals surface area contributed by atoms with Crippen LogP contribution in [-0.2, 0) is 15.1 Å². The van der Waals surface area contributed by atoms with E-state index in [-0.39, 0.29) is 6.54 Å². The molecule has 3 aromatic rings. The first kappa shape index (κ1) is 24.3. The Bertz CT molecular complexity index is 1290. The minimum Gasteiger partial charge on any atom is -0.497 e. The Morgan fingerprint density at radius 3 is 2.49 bits per heavy atom. The maximum absolute atomic E-state index is 13.1. The molecule has 1 fully saturated rings. The average Bonchev–Trinajstić information content (AvgIpc) is 3.06. The van der Waals surface area contributed by atoms with E-state index in [0.717, 1.165) is 9.80 Å². The van der Waals surface area contributed by atoms with E-state index < -0.39 is 23.4 Å². The number of anilines is 1. The number of nitrogens with zero attached hydrogens (tertiary/aromatic N) is 1. The van der Waals surface area contributed by atoms with Gasteiger partial charge in [0.15, 0.2) is 0 Å². The number of benzene rings is 3. The second-order valence-electron chi connectivity index (χ2n) is 8.62. The summed E-state index contributed by atoms with van der Waals surface area (Å²) >= 11 is 1.65. The Labute approximate surface area is 208 Å². The smallest absolute Gasteiger partial charge is 0.325 e. The second-order valence-corrected chi connectivity index (χ2v) is 9.74. The van der Waals surface area contributed by atoms with Gasteiger partial charge in [-0.15, -0.1) is 0 Å². The van der Waals surface area contributed by atoms with E-state index in [1.54, 1.807) is 55.1 Å². The van der Waals surface area contributed by atoms with Crippen molar-refractivity contribution in [3.05, 3.63) is 83.4 Å². The summed E-state index contributed by atoms with van der Waals surface area (Å²) in [6, 6.07) is 20.1. The maximum Gasteiger partial charge on any atom is 0.325 e. The lowest BCUT2D eigenvalue weighted by molar-refractivity contribution is -0.133. The van der Waals surface area contributed by atoms with Crippen molar-refractivity contribution < 1.29 is 19.1 Å². The van der Waals surface area contributed by atoms with Crippen LogP contribution in [-0.4, -0.2) is 36.4 Å². The van der Waals surface area contributed by atoms with Gasteiger partial charge in [0.05, 0.1) is 7.11 Å². The highest BCUT2D eigenvalue weighted by Gasteiger charge is 2.49. The highest BCUT2D eigenvalue weighted by Crippen LogP contribution is 2.32. The summed E-state index contributed by atoms with van der Waals surface area (Å²) in [6.45, 7) is 5.38. The second kappa shape index (κ2) is 9.84. The molecule has 0 aromatic heterocycles. The number of methoxy groups -OCH3 is 1. The molecule has 0 saturated carbocycles. The summed E-state index contributed by atoms with van der Waals surface area (Å²) in [4.78, 5) is 41.5. The van der Waals surface area contributed by atoms with E-state index in [1.807, 2.05) is 12.1 Å². The maximum atomic E-state index is 13.1. The molecule has 3 aromatic carbocycles. The minimum absolute atomic E-state index is 0.386. The normalized spacial score (nSPS) is 17.3. The van der Waals surface area contributed by atoms with Crippen LogP contribution in [0.5, 0.6) is 5.75 Å². The number of aryl methyl sites for hydroxylation is 2. The number of ether oxygens (including phenoxy) is 1. The van der Waals surface area contributed by atoms with Crippen LogP contribution in [0.3, 0.4) is 0 Å². The van der Waals surface area contributed by atoms with Crippen molar-refractivity contribution in [1.29, 1.82) is 0 Å². The Morgan fingerprint density at radius 2 is 1.80 bits per heavy atom. The lowest BCUT2D eigenvalue weighted by Gasteiger charge is -2.22. The van der Waals surface area contributed by atoms with E-state index in [2.05, 4.69) is 42.7 Å². The van der Waals surface area contributed by atoms with E-state index in [1.165, 1.54) is 23.1 Å². The third-order valence-electron chi connectivity index (χ3n) is 5.92. The molecule has 1 atom stereocenters. The first-order chi connectivity index (χ1) is 16.7. The molecule has 4 rings (SSSR count). The van der Waals surface area contributed by atoms with Gasteiger partial charge in [-0.05, 0) is 74.4 Å². The van der Waals surface area contributed by atoms with Crippen LogP contribution in [0.15, 0.2) is 76.5 Å². The van der Waals surface area contributed by atoms with Crippen molar-refractivity contribution in [2.24, 2.45) is 0 Å². The van der Waals surface area contributed by atoms with Crippen LogP contribution < -0.4 is 15.4 Å². The summed E-state index contributed by atoms with van der Waals surface area (Å²) in [5.74, 6) is -0.384. The van der Waals surface area contributed by atoms with Gasteiger partial charge in [-0.2, -0.15) is 0 Å². The first-order valence-electron chi connectivity index (χ1n) is 11.1. The molecular formula is C27H27N3O4S. The Kier molecular flexibility index (Phi) is 6.84. The number of hydrogen-bond acceptors (Lipinski definition) is 5. The molecule has 0 radical (unpaired) electrons. The number of amides is 4. The van der Waals surface area contributed by atoms with Crippen LogP contribution in [0, 0.1) is 13.8 Å². The number of urea groups is 1. The fourth-order valence-electron chi connectivity index (χ4n) is 3.96.